The molecule has 17 heteroatoms. The minimum atomic E-state index is -1.89. The van der Waals surface area contributed by atoms with Crippen LogP contribution in [0.15, 0.2) is 0 Å². The van der Waals surface area contributed by atoms with Crippen LogP contribution in [0.1, 0.15) is 12.8 Å². The van der Waals surface area contributed by atoms with Gasteiger partial charge >= 0.3 is 0 Å². The average Bonchev–Trinajstić information content (AvgIpc) is 2.93. The molecule has 0 saturated carbocycles. The first-order chi connectivity index (χ1) is 18.6. The Hall–Kier alpha value is -0.290. The highest BCUT2D eigenvalue weighted by atomic mass is 32.1. The molecule has 3 aliphatic heterocycles. The molecule has 0 spiro atoms. The highest BCUT2D eigenvalue weighted by molar-refractivity contribution is 7.80. The molecular formula is C22H40O16S. The van der Waals surface area contributed by atoms with Gasteiger partial charge < -0.3 is 79.5 Å². The SMILES string of the molecule is OC[C@H]1O[C@@H](O[C@@H]2[C@H](O)[C@@H](O)[C@H](O[C@H]3[C@H](O)[C@@H](O)[C@H](OCCCCS)O[C@@H]3CO)O[C@@H]2CO)[C@H](O)[C@@H](O)[C@H]1O. The molecule has 230 valence electrons. The van der Waals surface area contributed by atoms with Crippen molar-refractivity contribution in [2.45, 2.75) is 105 Å². The van der Waals surface area contributed by atoms with E-state index in [1.165, 1.54) is 0 Å². The highest BCUT2D eigenvalue weighted by Gasteiger charge is 2.53. The Kier molecular flexibility index (Phi) is 13.0. The predicted molar refractivity (Wildman–Crippen MR) is 128 cm³/mol. The summed E-state index contributed by atoms with van der Waals surface area (Å²) in [7, 11) is 0. The molecule has 0 radical (unpaired) electrons. The van der Waals surface area contributed by atoms with Gasteiger partial charge in [-0.25, -0.2) is 0 Å². The fourth-order valence-corrected chi connectivity index (χ4v) is 4.82. The van der Waals surface area contributed by atoms with Crippen molar-refractivity contribution in [3.8, 4) is 0 Å². The molecule has 10 N–H and O–H groups in total. The number of aliphatic hydroxyl groups excluding tert-OH is 10. The zero-order chi connectivity index (χ0) is 28.9. The number of aliphatic hydroxyl groups is 10. The number of unbranched alkanes of at least 4 members (excludes halogenated alkanes) is 1. The molecule has 0 aromatic carbocycles. The lowest BCUT2D eigenvalue weighted by Gasteiger charge is -2.48. The maximum Gasteiger partial charge on any atom is 0.187 e. The van der Waals surface area contributed by atoms with Gasteiger partial charge in [0.25, 0.3) is 0 Å². The van der Waals surface area contributed by atoms with Crippen LogP contribution in [-0.4, -0.2) is 175 Å². The third-order valence-electron chi connectivity index (χ3n) is 6.91. The second-order valence-electron chi connectivity index (χ2n) is 9.61. The highest BCUT2D eigenvalue weighted by Crippen LogP contribution is 2.32. The van der Waals surface area contributed by atoms with Gasteiger partial charge in [-0.3, -0.25) is 0 Å². The topological polar surface area (TPSA) is 258 Å². The number of hydrogen-bond acceptors (Lipinski definition) is 17. The molecule has 3 aliphatic rings. The third-order valence-corrected chi connectivity index (χ3v) is 7.22. The van der Waals surface area contributed by atoms with Crippen LogP contribution in [0.3, 0.4) is 0 Å². The van der Waals surface area contributed by atoms with Gasteiger partial charge in [0.1, 0.15) is 73.2 Å². The summed E-state index contributed by atoms with van der Waals surface area (Å²) in [6.07, 6.45) is -22.6. The largest absolute Gasteiger partial charge is 0.394 e. The maximum absolute atomic E-state index is 10.8. The van der Waals surface area contributed by atoms with E-state index in [9.17, 15) is 51.1 Å². The van der Waals surface area contributed by atoms with Crippen molar-refractivity contribution in [3.05, 3.63) is 0 Å². The normalized spacial score (nSPS) is 47.3. The van der Waals surface area contributed by atoms with E-state index in [1.54, 1.807) is 0 Å². The van der Waals surface area contributed by atoms with Crippen LogP contribution in [0.5, 0.6) is 0 Å². The maximum atomic E-state index is 10.8. The van der Waals surface area contributed by atoms with E-state index in [1.807, 2.05) is 0 Å². The van der Waals surface area contributed by atoms with Crippen LogP contribution < -0.4 is 0 Å². The molecule has 0 aliphatic carbocycles. The van der Waals surface area contributed by atoms with Crippen LogP contribution in [0.4, 0.5) is 0 Å². The number of rotatable bonds is 12. The number of thiol groups is 1. The Morgan fingerprint density at radius 2 is 0.949 bits per heavy atom. The lowest BCUT2D eigenvalue weighted by Crippen LogP contribution is -2.66. The van der Waals surface area contributed by atoms with Gasteiger partial charge in [-0.15, -0.1) is 0 Å². The molecule has 3 fully saturated rings. The molecule has 0 aromatic heterocycles. The Morgan fingerprint density at radius 1 is 0.513 bits per heavy atom. The molecule has 16 nitrogen and oxygen atoms in total. The minimum Gasteiger partial charge on any atom is -0.394 e. The van der Waals surface area contributed by atoms with Crippen LogP contribution in [-0.2, 0) is 28.4 Å². The quantitative estimate of drug-likeness (QED) is 0.0745. The predicted octanol–water partition coefficient (Wildman–Crippen LogP) is -5.84. The smallest absolute Gasteiger partial charge is 0.187 e. The summed E-state index contributed by atoms with van der Waals surface area (Å²) >= 11 is 4.10. The van der Waals surface area contributed by atoms with E-state index in [2.05, 4.69) is 12.6 Å². The van der Waals surface area contributed by atoms with Gasteiger partial charge in [-0.05, 0) is 18.6 Å². The molecule has 0 bridgehead atoms. The zero-order valence-electron chi connectivity index (χ0n) is 21.0. The average molecular weight is 593 g/mol. The first kappa shape index (κ1) is 33.2. The third kappa shape index (κ3) is 7.57. The van der Waals surface area contributed by atoms with E-state index in [0.717, 1.165) is 6.42 Å². The summed E-state index contributed by atoms with van der Waals surface area (Å²) in [5.41, 5.74) is 0. The molecule has 3 heterocycles. The van der Waals surface area contributed by atoms with Crippen molar-refractivity contribution in [1.82, 2.24) is 0 Å². The van der Waals surface area contributed by atoms with Gasteiger partial charge in [0.15, 0.2) is 18.9 Å². The second-order valence-corrected chi connectivity index (χ2v) is 10.1. The van der Waals surface area contributed by atoms with Gasteiger partial charge in [0.05, 0.1) is 19.8 Å². The first-order valence-electron chi connectivity index (χ1n) is 12.7. The van der Waals surface area contributed by atoms with Crippen molar-refractivity contribution in [2.24, 2.45) is 0 Å². The van der Waals surface area contributed by atoms with E-state index in [0.29, 0.717) is 12.2 Å². The van der Waals surface area contributed by atoms with Crippen LogP contribution in [0.2, 0.25) is 0 Å². The van der Waals surface area contributed by atoms with E-state index < -0.39 is 112 Å². The molecular weight excluding hydrogens is 552 g/mol. The van der Waals surface area contributed by atoms with E-state index in [4.69, 9.17) is 28.4 Å². The number of hydrogen-bond donors (Lipinski definition) is 11. The molecule has 3 saturated heterocycles. The molecule has 0 unspecified atom stereocenters. The van der Waals surface area contributed by atoms with Gasteiger partial charge in [0, 0.05) is 6.61 Å². The molecule has 15 atom stereocenters. The number of ether oxygens (including phenoxy) is 6. The Balaban J connectivity index is 1.66. The molecule has 39 heavy (non-hydrogen) atoms. The van der Waals surface area contributed by atoms with Crippen LogP contribution in [0, 0.1) is 0 Å². The lowest BCUT2D eigenvalue weighted by atomic mass is 9.96. The van der Waals surface area contributed by atoms with Crippen molar-refractivity contribution in [2.75, 3.05) is 32.2 Å². The fourth-order valence-electron chi connectivity index (χ4n) is 4.59. The Morgan fingerprint density at radius 3 is 1.44 bits per heavy atom. The van der Waals surface area contributed by atoms with Crippen molar-refractivity contribution >= 4 is 12.6 Å². The van der Waals surface area contributed by atoms with E-state index in [-0.39, 0.29) is 6.61 Å². The van der Waals surface area contributed by atoms with Crippen molar-refractivity contribution in [3.63, 3.8) is 0 Å². The fraction of sp³-hybridized carbons (Fsp3) is 1.00. The summed E-state index contributed by atoms with van der Waals surface area (Å²) < 4.78 is 32.9. The zero-order valence-corrected chi connectivity index (χ0v) is 21.9. The molecule has 3 rings (SSSR count). The van der Waals surface area contributed by atoms with Crippen LogP contribution in [0.25, 0.3) is 0 Å². The summed E-state index contributed by atoms with van der Waals surface area (Å²) in [6, 6.07) is 0. The summed E-state index contributed by atoms with van der Waals surface area (Å²) in [5.74, 6) is 0.633. The minimum absolute atomic E-state index is 0.198. The monoisotopic (exact) mass is 592 g/mol. The Bertz CT molecular complexity index is 718. The van der Waals surface area contributed by atoms with Gasteiger partial charge in [0.2, 0.25) is 0 Å². The standard InChI is InChI=1S/C22H40O16S/c23-5-8-11(26)12(27)15(30)21(34-8)37-19-10(7-25)36-22(17(32)14(19)29)38-18-9(6-24)35-20(16(31)13(18)28)33-3-1-2-4-39/h8-32,39H,1-7H2/t8-,9-,10-,11+,12+,13-,14-,15-,16-,17-,18-,19+,20-,21+,22+/m1/s1. The van der Waals surface area contributed by atoms with E-state index >= 15 is 0 Å². The summed E-state index contributed by atoms with van der Waals surface area (Å²) in [5, 5.41) is 102. The summed E-state index contributed by atoms with van der Waals surface area (Å²) in [6.45, 7) is -2.02. The molecule has 0 amide bonds. The summed E-state index contributed by atoms with van der Waals surface area (Å²) in [4.78, 5) is 0. The first-order valence-corrected chi connectivity index (χ1v) is 13.3. The molecule has 0 aromatic rings. The second kappa shape index (κ2) is 15.3. The Labute approximate surface area is 229 Å². The van der Waals surface area contributed by atoms with Gasteiger partial charge in [-0.2, -0.15) is 12.6 Å². The van der Waals surface area contributed by atoms with Crippen molar-refractivity contribution in [1.29, 1.82) is 0 Å². The van der Waals surface area contributed by atoms with Gasteiger partial charge in [-0.1, -0.05) is 0 Å². The van der Waals surface area contributed by atoms with Crippen LogP contribution >= 0.6 is 12.6 Å². The van der Waals surface area contributed by atoms with Crippen molar-refractivity contribution < 1.29 is 79.5 Å². The lowest BCUT2D eigenvalue weighted by molar-refractivity contribution is -0.379.